The molecule has 2 amide bonds. The second-order valence-electron chi connectivity index (χ2n) is 5.60. The summed E-state index contributed by atoms with van der Waals surface area (Å²) in [6, 6.07) is 7.82. The molecule has 0 unspecified atom stereocenters. The summed E-state index contributed by atoms with van der Waals surface area (Å²) in [4.78, 5) is 23.6. The standard InChI is InChI=1S/C20H25BrN2O3/c1-4-7-18(21)11-10-16(3)26-14-20(25)23-13-19(24)22-12-17-9-6-5-8-15(17)2/h4-11H,12-14H2,1-3H3,(H,22,24)(H,23,25)/b7-4-,16-10+,18-11+. The third-order valence-corrected chi connectivity index (χ3v) is 3.95. The van der Waals surface area contributed by atoms with Gasteiger partial charge >= 0.3 is 0 Å². The Balaban J connectivity index is 2.29. The Kier molecular flexibility index (Phi) is 10.1. The number of aryl methyl sites for hydroxylation is 1. The Morgan fingerprint density at radius 2 is 1.88 bits per heavy atom. The molecule has 0 aliphatic carbocycles. The molecule has 1 rings (SSSR count). The van der Waals surface area contributed by atoms with Crippen molar-refractivity contribution in [2.24, 2.45) is 0 Å². The average molecular weight is 421 g/mol. The topological polar surface area (TPSA) is 67.4 Å². The van der Waals surface area contributed by atoms with Gasteiger partial charge in [0.1, 0.15) is 0 Å². The minimum Gasteiger partial charge on any atom is -0.488 e. The number of allylic oxidation sites excluding steroid dienone is 6. The van der Waals surface area contributed by atoms with E-state index in [1.165, 1.54) is 0 Å². The number of rotatable bonds is 9. The maximum atomic E-state index is 11.8. The van der Waals surface area contributed by atoms with Crippen LogP contribution in [0.1, 0.15) is 25.0 Å². The molecule has 6 heteroatoms. The Morgan fingerprint density at radius 1 is 1.15 bits per heavy atom. The van der Waals surface area contributed by atoms with Crippen LogP contribution in [0.5, 0.6) is 0 Å². The molecule has 0 aromatic heterocycles. The third-order valence-electron chi connectivity index (χ3n) is 3.42. The van der Waals surface area contributed by atoms with Crippen molar-refractivity contribution in [3.05, 3.63) is 69.9 Å². The molecule has 0 aliphatic heterocycles. The lowest BCUT2D eigenvalue weighted by molar-refractivity contribution is -0.128. The fourth-order valence-corrected chi connectivity index (χ4v) is 2.33. The van der Waals surface area contributed by atoms with Crippen LogP contribution in [0.4, 0.5) is 0 Å². The minimum absolute atomic E-state index is 0.0798. The second kappa shape index (κ2) is 12.1. The summed E-state index contributed by atoms with van der Waals surface area (Å²) >= 11 is 3.37. The molecule has 26 heavy (non-hydrogen) atoms. The first kappa shape index (κ1) is 21.7. The fourth-order valence-electron chi connectivity index (χ4n) is 1.93. The second-order valence-corrected chi connectivity index (χ2v) is 6.51. The zero-order chi connectivity index (χ0) is 19.4. The van der Waals surface area contributed by atoms with E-state index in [1.807, 2.05) is 56.3 Å². The molecule has 0 saturated carbocycles. The molecule has 2 N–H and O–H groups in total. The van der Waals surface area contributed by atoms with Gasteiger partial charge in [0.05, 0.1) is 12.3 Å². The maximum absolute atomic E-state index is 11.8. The van der Waals surface area contributed by atoms with Crippen molar-refractivity contribution in [2.75, 3.05) is 13.2 Å². The van der Waals surface area contributed by atoms with Crippen molar-refractivity contribution in [2.45, 2.75) is 27.3 Å². The van der Waals surface area contributed by atoms with Crippen molar-refractivity contribution in [1.29, 1.82) is 0 Å². The number of carbonyl (C=O) groups excluding carboxylic acids is 2. The van der Waals surface area contributed by atoms with Crippen LogP contribution in [-0.4, -0.2) is 25.0 Å². The number of benzene rings is 1. The summed E-state index contributed by atoms with van der Waals surface area (Å²) in [5, 5.41) is 5.31. The molecular weight excluding hydrogens is 396 g/mol. The van der Waals surface area contributed by atoms with Gasteiger partial charge in [0, 0.05) is 11.0 Å². The van der Waals surface area contributed by atoms with E-state index in [2.05, 4.69) is 26.6 Å². The van der Waals surface area contributed by atoms with Gasteiger partial charge in [-0.05, 0) is 44.1 Å². The van der Waals surface area contributed by atoms with Crippen LogP contribution in [0.3, 0.4) is 0 Å². The highest BCUT2D eigenvalue weighted by Crippen LogP contribution is 2.08. The van der Waals surface area contributed by atoms with E-state index in [0.29, 0.717) is 12.3 Å². The van der Waals surface area contributed by atoms with Crippen molar-refractivity contribution in [1.82, 2.24) is 10.6 Å². The number of carbonyl (C=O) groups is 2. The van der Waals surface area contributed by atoms with E-state index in [0.717, 1.165) is 15.6 Å². The molecule has 0 fully saturated rings. The summed E-state index contributed by atoms with van der Waals surface area (Å²) in [6.45, 7) is 5.89. The van der Waals surface area contributed by atoms with Crippen LogP contribution < -0.4 is 10.6 Å². The summed E-state index contributed by atoms with van der Waals surface area (Å²) in [5.41, 5.74) is 2.16. The van der Waals surface area contributed by atoms with Gasteiger partial charge < -0.3 is 15.4 Å². The summed E-state index contributed by atoms with van der Waals surface area (Å²) < 4.78 is 6.24. The molecule has 0 heterocycles. The van der Waals surface area contributed by atoms with Crippen LogP contribution in [0.2, 0.25) is 0 Å². The summed E-state index contributed by atoms with van der Waals surface area (Å²) in [6.07, 6.45) is 7.38. The molecule has 0 radical (unpaired) electrons. The Hall–Kier alpha value is -2.34. The van der Waals surface area contributed by atoms with E-state index in [4.69, 9.17) is 4.74 Å². The zero-order valence-corrected chi connectivity index (χ0v) is 16.9. The van der Waals surface area contributed by atoms with Crippen LogP contribution in [0.25, 0.3) is 0 Å². The van der Waals surface area contributed by atoms with Crippen LogP contribution in [0.15, 0.2) is 58.8 Å². The smallest absolute Gasteiger partial charge is 0.258 e. The van der Waals surface area contributed by atoms with Gasteiger partial charge in [-0.3, -0.25) is 9.59 Å². The van der Waals surface area contributed by atoms with Crippen LogP contribution in [0, 0.1) is 6.92 Å². The number of ether oxygens (including phenoxy) is 1. The highest BCUT2D eigenvalue weighted by molar-refractivity contribution is 9.11. The number of nitrogens with one attached hydrogen (secondary N) is 2. The van der Waals surface area contributed by atoms with Crippen molar-refractivity contribution in [3.8, 4) is 0 Å². The van der Waals surface area contributed by atoms with E-state index in [1.54, 1.807) is 13.0 Å². The van der Waals surface area contributed by atoms with Crippen molar-refractivity contribution < 1.29 is 14.3 Å². The van der Waals surface area contributed by atoms with E-state index in [-0.39, 0.29) is 25.0 Å². The number of amides is 2. The normalized spacial score (nSPS) is 12.2. The third kappa shape index (κ3) is 9.22. The average Bonchev–Trinajstić information content (AvgIpc) is 2.62. The Labute approximate surface area is 163 Å². The Bertz CT molecular complexity index is 709. The first-order valence-corrected chi connectivity index (χ1v) is 9.09. The van der Waals surface area contributed by atoms with Gasteiger partial charge in [-0.15, -0.1) is 0 Å². The van der Waals surface area contributed by atoms with E-state index < -0.39 is 0 Å². The molecule has 5 nitrogen and oxygen atoms in total. The largest absolute Gasteiger partial charge is 0.488 e. The van der Waals surface area contributed by atoms with E-state index >= 15 is 0 Å². The Morgan fingerprint density at radius 3 is 2.58 bits per heavy atom. The molecule has 0 bridgehead atoms. The first-order valence-electron chi connectivity index (χ1n) is 8.30. The zero-order valence-electron chi connectivity index (χ0n) is 15.3. The molecule has 0 aliphatic rings. The summed E-state index contributed by atoms with van der Waals surface area (Å²) in [5.74, 6) is 0.0120. The molecule has 0 atom stereocenters. The number of hydrogen-bond donors (Lipinski definition) is 2. The predicted octanol–water partition coefficient (Wildman–Crippen LogP) is 3.50. The molecule has 1 aromatic carbocycles. The lowest BCUT2D eigenvalue weighted by Gasteiger charge is -2.09. The van der Waals surface area contributed by atoms with Gasteiger partial charge in [0.25, 0.3) is 5.91 Å². The van der Waals surface area contributed by atoms with Gasteiger partial charge in [0.2, 0.25) is 5.91 Å². The van der Waals surface area contributed by atoms with Gasteiger partial charge in [-0.1, -0.05) is 52.3 Å². The van der Waals surface area contributed by atoms with Crippen molar-refractivity contribution >= 4 is 27.7 Å². The molecule has 0 spiro atoms. The highest BCUT2D eigenvalue weighted by Gasteiger charge is 2.06. The van der Waals surface area contributed by atoms with E-state index in [9.17, 15) is 9.59 Å². The quantitative estimate of drug-likeness (QED) is 0.474. The molecular formula is C20H25BrN2O3. The summed E-state index contributed by atoms with van der Waals surface area (Å²) in [7, 11) is 0. The molecule has 140 valence electrons. The van der Waals surface area contributed by atoms with Crippen LogP contribution in [-0.2, 0) is 20.9 Å². The number of halogens is 1. The molecule has 0 saturated heterocycles. The fraction of sp³-hybridized carbons (Fsp3) is 0.300. The van der Waals surface area contributed by atoms with Gasteiger partial charge in [0.15, 0.2) is 6.61 Å². The minimum atomic E-state index is -0.347. The predicted molar refractivity (Wildman–Crippen MR) is 108 cm³/mol. The van der Waals surface area contributed by atoms with Crippen LogP contribution >= 0.6 is 15.9 Å². The SMILES string of the molecule is C\C=C/C(Br)=C\C=C(/C)OCC(=O)NCC(=O)NCc1ccccc1C. The monoisotopic (exact) mass is 420 g/mol. The number of hydrogen-bond acceptors (Lipinski definition) is 3. The maximum Gasteiger partial charge on any atom is 0.258 e. The van der Waals surface area contributed by atoms with Gasteiger partial charge in [-0.2, -0.15) is 0 Å². The first-order chi connectivity index (χ1) is 12.4. The van der Waals surface area contributed by atoms with Crippen molar-refractivity contribution in [3.63, 3.8) is 0 Å². The lowest BCUT2D eigenvalue weighted by Crippen LogP contribution is -2.38. The lowest BCUT2D eigenvalue weighted by atomic mass is 10.1. The van der Waals surface area contributed by atoms with Gasteiger partial charge in [-0.25, -0.2) is 0 Å². The molecule has 1 aromatic rings. The highest BCUT2D eigenvalue weighted by atomic mass is 79.9.